The highest BCUT2D eigenvalue weighted by Crippen LogP contribution is 2.30. The number of aromatic nitrogens is 4. The van der Waals surface area contributed by atoms with Crippen LogP contribution in [0, 0.1) is 24.0 Å². The van der Waals surface area contributed by atoms with Gasteiger partial charge in [-0.15, -0.1) is 10.2 Å². The Labute approximate surface area is 218 Å². The fourth-order valence-corrected chi connectivity index (χ4v) is 5.01. The maximum absolute atomic E-state index is 13.2. The molecule has 0 unspecified atom stereocenters. The van der Waals surface area contributed by atoms with Gasteiger partial charge in [0.25, 0.3) is 11.6 Å². The van der Waals surface area contributed by atoms with E-state index in [1.807, 2.05) is 59.9 Å². The number of hydrogen-bond acceptors (Lipinski definition) is 7. The summed E-state index contributed by atoms with van der Waals surface area (Å²) < 4.78 is 2.01. The molecule has 10 heteroatoms. The van der Waals surface area contributed by atoms with Crippen LogP contribution in [-0.4, -0.2) is 61.5 Å². The number of carbonyl (C=O) groups is 1. The van der Waals surface area contributed by atoms with Crippen LogP contribution in [0.3, 0.4) is 0 Å². The van der Waals surface area contributed by atoms with Crippen LogP contribution in [0.4, 0.5) is 11.6 Å². The number of hydrogen-bond donors (Lipinski definition) is 0. The third-order valence-corrected chi connectivity index (χ3v) is 7.12. The summed E-state index contributed by atoms with van der Waals surface area (Å²) in [6.45, 7) is 5.72. The molecule has 0 aliphatic carbocycles. The Morgan fingerprint density at radius 1 is 0.895 bits per heavy atom. The summed E-state index contributed by atoms with van der Waals surface area (Å²) in [7, 11) is 0. The molecule has 2 aromatic heterocycles. The molecule has 1 aliphatic heterocycles. The number of rotatable bonds is 4. The lowest BCUT2D eigenvalue weighted by Crippen LogP contribution is -2.49. The van der Waals surface area contributed by atoms with E-state index in [1.54, 1.807) is 24.0 Å². The van der Waals surface area contributed by atoms with Crippen molar-refractivity contribution in [3.8, 4) is 11.4 Å². The number of amides is 1. The smallest absolute Gasteiger partial charge is 0.273 e. The summed E-state index contributed by atoms with van der Waals surface area (Å²) in [6, 6.07) is 20.6. The first-order valence-corrected chi connectivity index (χ1v) is 12.4. The number of nitro benzene ring substituents is 1. The molecule has 10 nitrogen and oxygen atoms in total. The number of aryl methyl sites for hydroxylation is 2. The molecule has 38 heavy (non-hydrogen) atoms. The average Bonchev–Trinajstić information content (AvgIpc) is 3.38. The molecule has 1 saturated heterocycles. The number of para-hydroxylation sites is 1. The van der Waals surface area contributed by atoms with Crippen LogP contribution in [0.15, 0.2) is 66.7 Å². The molecule has 190 valence electrons. The van der Waals surface area contributed by atoms with Gasteiger partial charge < -0.3 is 9.80 Å². The number of benzene rings is 3. The van der Waals surface area contributed by atoms with Crippen molar-refractivity contribution in [3.05, 3.63) is 93.5 Å². The van der Waals surface area contributed by atoms with E-state index < -0.39 is 4.92 Å². The van der Waals surface area contributed by atoms with Gasteiger partial charge in [0, 0.05) is 54.3 Å². The molecule has 0 bridgehead atoms. The fraction of sp³-hybridized carbons (Fsp3) is 0.214. The Morgan fingerprint density at radius 3 is 2.39 bits per heavy atom. The summed E-state index contributed by atoms with van der Waals surface area (Å²) in [5.74, 6) is 1.23. The van der Waals surface area contributed by atoms with E-state index >= 15 is 0 Å². The van der Waals surface area contributed by atoms with Gasteiger partial charge in [-0.2, -0.15) is 0 Å². The largest absolute Gasteiger partial charge is 0.338 e. The zero-order valence-electron chi connectivity index (χ0n) is 21.0. The Hall–Kier alpha value is -4.86. The molecular weight excluding hydrogens is 482 g/mol. The maximum atomic E-state index is 13.2. The first kappa shape index (κ1) is 23.5. The first-order chi connectivity index (χ1) is 18.4. The minimum Gasteiger partial charge on any atom is -0.338 e. The molecule has 0 atom stereocenters. The quantitative estimate of drug-likeness (QED) is 0.261. The van der Waals surface area contributed by atoms with Gasteiger partial charge in [0.1, 0.15) is 0 Å². The zero-order valence-corrected chi connectivity index (χ0v) is 21.0. The molecule has 1 aliphatic rings. The number of nitro groups is 1. The van der Waals surface area contributed by atoms with Gasteiger partial charge in [-0.3, -0.25) is 14.9 Å². The monoisotopic (exact) mass is 507 g/mol. The third kappa shape index (κ3) is 3.90. The molecule has 5 aromatic rings. The van der Waals surface area contributed by atoms with Gasteiger partial charge in [0.2, 0.25) is 5.95 Å². The highest BCUT2D eigenvalue weighted by molar-refractivity contribution is 5.95. The van der Waals surface area contributed by atoms with E-state index in [2.05, 4.69) is 15.1 Å². The Balaban J connectivity index is 1.35. The molecule has 1 fully saturated rings. The van der Waals surface area contributed by atoms with E-state index in [4.69, 9.17) is 4.98 Å². The van der Waals surface area contributed by atoms with E-state index in [0.717, 1.165) is 39.4 Å². The second-order valence-electron chi connectivity index (χ2n) is 9.46. The van der Waals surface area contributed by atoms with Crippen LogP contribution >= 0.6 is 0 Å². The first-order valence-electron chi connectivity index (χ1n) is 12.4. The molecule has 0 saturated carbocycles. The number of fused-ring (bicyclic) bond motifs is 3. The SMILES string of the molecule is Cc1ccccc1-c1nnc2c3ccccc3nc(N3CCN(C(=O)c4ccc(C)c([N+](=O)[O-])c4)CC3)n12. The van der Waals surface area contributed by atoms with Crippen molar-refractivity contribution in [2.75, 3.05) is 31.1 Å². The lowest BCUT2D eigenvalue weighted by molar-refractivity contribution is -0.385. The van der Waals surface area contributed by atoms with Gasteiger partial charge in [-0.25, -0.2) is 9.38 Å². The Kier molecular flexibility index (Phi) is 5.71. The van der Waals surface area contributed by atoms with Crippen LogP contribution in [0.25, 0.3) is 27.9 Å². The van der Waals surface area contributed by atoms with E-state index in [1.165, 1.54) is 6.07 Å². The molecule has 3 aromatic carbocycles. The standard InChI is InChI=1S/C28H25N7O3/c1-18-7-3-4-8-21(18)25-30-31-26-22-9-5-6-10-23(22)29-28(34(25)26)33-15-13-32(14-16-33)27(36)20-12-11-19(2)24(17-20)35(37)38/h3-12,17H,13-16H2,1-2H3. The lowest BCUT2D eigenvalue weighted by Gasteiger charge is -2.35. The van der Waals surface area contributed by atoms with Crippen molar-refractivity contribution in [1.29, 1.82) is 0 Å². The van der Waals surface area contributed by atoms with Crippen LogP contribution in [0.2, 0.25) is 0 Å². The minimum absolute atomic E-state index is 0.0476. The van der Waals surface area contributed by atoms with Crippen LogP contribution < -0.4 is 4.90 Å². The Morgan fingerprint density at radius 2 is 1.63 bits per heavy atom. The highest BCUT2D eigenvalue weighted by Gasteiger charge is 2.27. The average molecular weight is 508 g/mol. The summed E-state index contributed by atoms with van der Waals surface area (Å²) in [5.41, 5.74) is 4.42. The number of anilines is 1. The van der Waals surface area contributed by atoms with E-state index in [0.29, 0.717) is 37.3 Å². The van der Waals surface area contributed by atoms with Crippen molar-refractivity contribution in [2.45, 2.75) is 13.8 Å². The molecule has 3 heterocycles. The van der Waals surface area contributed by atoms with Gasteiger partial charge >= 0.3 is 0 Å². The van der Waals surface area contributed by atoms with Gasteiger partial charge in [-0.05, 0) is 37.6 Å². The molecule has 1 amide bonds. The second kappa shape index (κ2) is 9.22. The van der Waals surface area contributed by atoms with Gasteiger partial charge in [-0.1, -0.05) is 42.5 Å². The van der Waals surface area contributed by atoms with Crippen LogP contribution in [-0.2, 0) is 0 Å². The van der Waals surface area contributed by atoms with Crippen molar-refractivity contribution in [3.63, 3.8) is 0 Å². The molecule has 0 spiro atoms. The lowest BCUT2D eigenvalue weighted by atomic mass is 10.1. The zero-order chi connectivity index (χ0) is 26.4. The van der Waals surface area contributed by atoms with Crippen LogP contribution in [0.5, 0.6) is 0 Å². The Bertz CT molecular complexity index is 1720. The normalized spacial score (nSPS) is 13.8. The van der Waals surface area contributed by atoms with Crippen molar-refractivity contribution in [2.24, 2.45) is 0 Å². The number of nitrogens with zero attached hydrogens (tertiary/aromatic N) is 7. The third-order valence-electron chi connectivity index (χ3n) is 7.12. The van der Waals surface area contributed by atoms with Gasteiger partial charge in [0.05, 0.1) is 10.4 Å². The summed E-state index contributed by atoms with van der Waals surface area (Å²) in [5, 5.41) is 21.4. The molecule has 0 N–H and O–H groups in total. The van der Waals surface area contributed by atoms with Crippen molar-refractivity contribution >= 4 is 34.1 Å². The van der Waals surface area contributed by atoms with Crippen molar-refractivity contribution in [1.82, 2.24) is 24.5 Å². The minimum atomic E-state index is -0.452. The summed E-state index contributed by atoms with van der Waals surface area (Å²) in [4.78, 5) is 33.0. The predicted molar refractivity (Wildman–Crippen MR) is 144 cm³/mol. The molecule has 6 rings (SSSR count). The molecule has 0 radical (unpaired) electrons. The highest BCUT2D eigenvalue weighted by atomic mass is 16.6. The number of piperazine rings is 1. The summed E-state index contributed by atoms with van der Waals surface area (Å²) >= 11 is 0. The number of carbonyl (C=O) groups excluding carboxylic acids is 1. The van der Waals surface area contributed by atoms with E-state index in [9.17, 15) is 14.9 Å². The van der Waals surface area contributed by atoms with E-state index in [-0.39, 0.29) is 11.6 Å². The fourth-order valence-electron chi connectivity index (χ4n) is 5.01. The second-order valence-corrected chi connectivity index (χ2v) is 9.46. The summed E-state index contributed by atoms with van der Waals surface area (Å²) in [6.07, 6.45) is 0. The van der Waals surface area contributed by atoms with Crippen LogP contribution in [0.1, 0.15) is 21.5 Å². The predicted octanol–water partition coefficient (Wildman–Crippen LogP) is 4.43. The van der Waals surface area contributed by atoms with Gasteiger partial charge in [0.15, 0.2) is 11.5 Å². The van der Waals surface area contributed by atoms with Crippen molar-refractivity contribution < 1.29 is 9.72 Å². The topological polar surface area (TPSA) is 110 Å². The maximum Gasteiger partial charge on any atom is 0.273 e. The molecular formula is C28H25N7O3.